The molecule has 1 aliphatic rings. The topological polar surface area (TPSA) is 89.9 Å². The maximum atomic E-state index is 11.1. The molecule has 0 unspecified atom stereocenters. The molecule has 1 aliphatic heterocycles. The molecule has 2 amide bonds. The van der Waals surface area contributed by atoms with Crippen LogP contribution in [0.2, 0.25) is 0 Å². The number of nitrogens with zero attached hydrogens (tertiary/aromatic N) is 1. The van der Waals surface area contributed by atoms with Gasteiger partial charge in [-0.2, -0.15) is 0 Å². The van der Waals surface area contributed by atoms with E-state index < -0.39 is 17.6 Å². The summed E-state index contributed by atoms with van der Waals surface area (Å²) in [6.07, 6.45) is 0. The average Bonchev–Trinajstić information content (AvgIpc) is 2.27. The minimum Gasteiger partial charge on any atom is -0.507 e. The van der Waals surface area contributed by atoms with Gasteiger partial charge in [0, 0.05) is 25.8 Å². The summed E-state index contributed by atoms with van der Waals surface area (Å²) >= 11 is 0. The summed E-state index contributed by atoms with van der Waals surface area (Å²) in [5.41, 5.74) is 0.458. The van der Waals surface area contributed by atoms with Crippen LogP contribution in [-0.2, 0) is 9.59 Å². The van der Waals surface area contributed by atoms with Gasteiger partial charge in [-0.3, -0.25) is 14.9 Å². The Morgan fingerprint density at radius 1 is 1.22 bits per heavy atom. The predicted octanol–water partition coefficient (Wildman–Crippen LogP) is 0.384. The first-order valence-electron chi connectivity index (χ1n) is 5.21. The smallest absolute Gasteiger partial charge is 0.267 e. The van der Waals surface area contributed by atoms with E-state index in [4.69, 9.17) is 0 Å². The third kappa shape index (κ3) is 1.77. The molecule has 1 fully saturated rings. The fourth-order valence-corrected chi connectivity index (χ4v) is 1.62. The van der Waals surface area contributed by atoms with Gasteiger partial charge in [-0.25, -0.2) is 0 Å². The van der Waals surface area contributed by atoms with Crippen molar-refractivity contribution in [1.29, 1.82) is 0 Å². The van der Waals surface area contributed by atoms with E-state index in [1.165, 1.54) is 12.1 Å². The average molecular weight is 248 g/mol. The molecule has 1 saturated heterocycles. The first-order valence-corrected chi connectivity index (χ1v) is 5.21. The molecule has 2 rings (SSSR count). The zero-order valence-corrected chi connectivity index (χ0v) is 9.89. The van der Waals surface area contributed by atoms with Crippen molar-refractivity contribution in [2.45, 2.75) is 0 Å². The summed E-state index contributed by atoms with van der Waals surface area (Å²) < 4.78 is 0. The molecule has 1 heterocycles. The van der Waals surface area contributed by atoms with E-state index in [1.807, 2.05) is 5.32 Å². The van der Waals surface area contributed by atoms with Crippen LogP contribution in [0.1, 0.15) is 5.56 Å². The molecule has 0 saturated carbocycles. The van der Waals surface area contributed by atoms with E-state index in [0.717, 1.165) is 5.69 Å². The number of nitrogens with one attached hydrogen (secondary N) is 1. The Balaban J connectivity index is 2.47. The second-order valence-corrected chi connectivity index (χ2v) is 4.10. The standard InChI is InChI=1S/C12H12N2O4/c1-14(2)6-3-4-7(8(15)5-6)10(16)9-11(17)13-12(9)18/h3-5,15-16H,1-2H3,(H,13,17,18). The highest BCUT2D eigenvalue weighted by molar-refractivity contribution is 6.37. The molecule has 0 atom stereocenters. The van der Waals surface area contributed by atoms with Gasteiger partial charge in [0.2, 0.25) is 0 Å². The Bertz CT molecular complexity index is 559. The fraction of sp³-hybridized carbons (Fsp3) is 0.167. The molecule has 1 aromatic rings. The minimum atomic E-state index is -0.645. The van der Waals surface area contributed by atoms with Gasteiger partial charge in [0.25, 0.3) is 11.8 Å². The first-order chi connectivity index (χ1) is 8.41. The van der Waals surface area contributed by atoms with E-state index in [2.05, 4.69) is 0 Å². The van der Waals surface area contributed by atoms with Gasteiger partial charge in [0.15, 0.2) is 0 Å². The van der Waals surface area contributed by atoms with E-state index in [9.17, 15) is 19.8 Å². The number of carbonyl (C=O) groups excluding carboxylic acids is 2. The zero-order valence-electron chi connectivity index (χ0n) is 9.89. The van der Waals surface area contributed by atoms with Gasteiger partial charge in [0.1, 0.15) is 17.1 Å². The molecule has 0 spiro atoms. The lowest BCUT2D eigenvalue weighted by Gasteiger charge is -2.18. The molecular formula is C12H12N2O4. The van der Waals surface area contributed by atoms with Crippen molar-refractivity contribution in [3.8, 4) is 5.75 Å². The fourth-order valence-electron chi connectivity index (χ4n) is 1.62. The number of amides is 2. The number of imide groups is 1. The van der Waals surface area contributed by atoms with Crippen LogP contribution in [0.15, 0.2) is 23.8 Å². The molecular weight excluding hydrogens is 236 g/mol. The van der Waals surface area contributed by atoms with Crippen molar-refractivity contribution in [2.75, 3.05) is 19.0 Å². The Morgan fingerprint density at radius 3 is 2.28 bits per heavy atom. The molecule has 1 aromatic carbocycles. The third-order valence-corrected chi connectivity index (χ3v) is 2.67. The maximum absolute atomic E-state index is 11.1. The summed E-state index contributed by atoms with van der Waals surface area (Å²) in [6, 6.07) is 4.55. The van der Waals surface area contributed by atoms with E-state index >= 15 is 0 Å². The number of rotatable bonds is 2. The zero-order chi connectivity index (χ0) is 13.4. The Labute approximate surface area is 103 Å². The van der Waals surface area contributed by atoms with Crippen molar-refractivity contribution in [1.82, 2.24) is 5.32 Å². The lowest BCUT2D eigenvalue weighted by molar-refractivity contribution is -0.134. The van der Waals surface area contributed by atoms with Crippen LogP contribution >= 0.6 is 0 Å². The van der Waals surface area contributed by atoms with Gasteiger partial charge < -0.3 is 15.1 Å². The predicted molar refractivity (Wildman–Crippen MR) is 65.1 cm³/mol. The highest BCUT2D eigenvalue weighted by atomic mass is 16.3. The van der Waals surface area contributed by atoms with Crippen LogP contribution in [0.3, 0.4) is 0 Å². The molecule has 0 aliphatic carbocycles. The van der Waals surface area contributed by atoms with Gasteiger partial charge in [-0.1, -0.05) is 0 Å². The number of anilines is 1. The second-order valence-electron chi connectivity index (χ2n) is 4.10. The molecule has 0 radical (unpaired) electrons. The molecule has 18 heavy (non-hydrogen) atoms. The third-order valence-electron chi connectivity index (χ3n) is 2.67. The number of carbonyl (C=O) groups is 2. The Morgan fingerprint density at radius 2 is 1.83 bits per heavy atom. The van der Waals surface area contributed by atoms with Crippen LogP contribution < -0.4 is 10.2 Å². The van der Waals surface area contributed by atoms with Crippen LogP contribution in [0, 0.1) is 0 Å². The highest BCUT2D eigenvalue weighted by Crippen LogP contribution is 2.30. The number of aliphatic hydroxyl groups excluding tert-OH is 1. The van der Waals surface area contributed by atoms with Crippen molar-refractivity contribution in [2.24, 2.45) is 0 Å². The van der Waals surface area contributed by atoms with Gasteiger partial charge in [-0.15, -0.1) is 0 Å². The molecule has 94 valence electrons. The lowest BCUT2D eigenvalue weighted by Crippen LogP contribution is -2.47. The molecule has 0 bridgehead atoms. The summed E-state index contributed by atoms with van der Waals surface area (Å²) in [5, 5.41) is 21.6. The first kappa shape index (κ1) is 12.0. The van der Waals surface area contributed by atoms with E-state index in [0.29, 0.717) is 0 Å². The monoisotopic (exact) mass is 248 g/mol. The number of benzene rings is 1. The SMILES string of the molecule is CN(C)c1ccc(C(O)=C2C(=O)NC2=O)c(O)c1. The number of phenolic OH excluding ortho intramolecular Hbond substituents is 1. The minimum absolute atomic E-state index is 0.0544. The second kappa shape index (κ2) is 4.06. The van der Waals surface area contributed by atoms with Gasteiger partial charge in [-0.05, 0) is 12.1 Å². The summed E-state index contributed by atoms with van der Waals surface area (Å²) in [7, 11) is 3.60. The normalized spacial score (nSPS) is 14.0. The number of hydrogen-bond donors (Lipinski definition) is 3. The Kier molecular flexibility index (Phi) is 2.70. The van der Waals surface area contributed by atoms with Crippen LogP contribution in [0.25, 0.3) is 5.76 Å². The van der Waals surface area contributed by atoms with Crippen LogP contribution in [0.5, 0.6) is 5.75 Å². The number of β-lactam (4-membered cyclic amide) rings is 2. The van der Waals surface area contributed by atoms with Crippen molar-refractivity contribution < 1.29 is 19.8 Å². The molecule has 3 N–H and O–H groups in total. The van der Waals surface area contributed by atoms with Crippen molar-refractivity contribution >= 4 is 23.3 Å². The summed E-state index contributed by atoms with van der Waals surface area (Å²) in [6.45, 7) is 0. The number of aliphatic hydroxyl groups is 1. The van der Waals surface area contributed by atoms with Gasteiger partial charge in [0.05, 0.1) is 5.56 Å². The summed E-state index contributed by atoms with van der Waals surface area (Å²) in [4.78, 5) is 24.0. The number of aromatic hydroxyl groups is 1. The molecule has 6 heteroatoms. The highest BCUT2D eigenvalue weighted by Gasteiger charge is 2.35. The van der Waals surface area contributed by atoms with E-state index in [1.54, 1.807) is 25.1 Å². The Hall–Kier alpha value is -2.50. The van der Waals surface area contributed by atoms with Gasteiger partial charge >= 0.3 is 0 Å². The molecule has 6 nitrogen and oxygen atoms in total. The van der Waals surface area contributed by atoms with Crippen molar-refractivity contribution in [3.05, 3.63) is 29.3 Å². The lowest BCUT2D eigenvalue weighted by atomic mass is 10.0. The van der Waals surface area contributed by atoms with Crippen LogP contribution in [0.4, 0.5) is 5.69 Å². The maximum Gasteiger partial charge on any atom is 0.267 e. The number of phenols is 1. The van der Waals surface area contributed by atoms with E-state index in [-0.39, 0.29) is 16.9 Å². The quantitative estimate of drug-likeness (QED) is 0.305. The van der Waals surface area contributed by atoms with Crippen LogP contribution in [-0.4, -0.2) is 36.1 Å². The number of hydrogen-bond acceptors (Lipinski definition) is 5. The van der Waals surface area contributed by atoms with Crippen molar-refractivity contribution in [3.63, 3.8) is 0 Å². The molecule has 0 aromatic heterocycles. The largest absolute Gasteiger partial charge is 0.507 e. The summed E-state index contributed by atoms with van der Waals surface area (Å²) in [5.74, 6) is -1.99.